The zero-order valence-corrected chi connectivity index (χ0v) is 21.0. The van der Waals surface area contributed by atoms with Crippen molar-refractivity contribution in [3.05, 3.63) is 94.1 Å². The standard InChI is InChI=1S/C26H26N.2ClH.Ti/c1-17-14-19(3)26(20(4)15-17)27-16-25-23-10-6-5-9-21(23)12-13-24(25)22-11-7-8-18(22)2;;;/h5-10,12-15H,11,16H2,1-4H3;2*1H;/q-1;;;+3/p-2. The van der Waals surface area contributed by atoms with Crippen molar-refractivity contribution in [1.82, 2.24) is 0 Å². The average molecular weight is 471 g/mol. The maximum atomic E-state index is 2.42. The fraction of sp³-hybridized carbons (Fsp3) is 0.231. The first-order valence-electron chi connectivity index (χ1n) is 9.89. The van der Waals surface area contributed by atoms with Gasteiger partial charge in [0.15, 0.2) is 0 Å². The molecule has 0 fully saturated rings. The van der Waals surface area contributed by atoms with Crippen molar-refractivity contribution in [1.29, 1.82) is 0 Å². The Morgan fingerprint density at radius 1 is 0.900 bits per heavy atom. The van der Waals surface area contributed by atoms with Crippen LogP contribution in [0.15, 0.2) is 66.3 Å². The Balaban J connectivity index is 0.00000160. The van der Waals surface area contributed by atoms with Gasteiger partial charge in [-0.05, 0) is 0 Å². The van der Waals surface area contributed by atoms with Gasteiger partial charge in [-0.1, -0.05) is 0 Å². The van der Waals surface area contributed by atoms with Crippen molar-refractivity contribution in [2.45, 2.75) is 40.7 Å². The van der Waals surface area contributed by atoms with Gasteiger partial charge in [0, 0.05) is 0 Å². The predicted molar refractivity (Wildman–Crippen MR) is 117 cm³/mol. The SMILES string of the molecule is CC1=C(c2ccc3ccccc3c2C[N]([Ti+2])c2c(C)cc(C)cc2C)CC=C1.[Cl-].[Cl-]. The van der Waals surface area contributed by atoms with Crippen LogP contribution in [0.5, 0.6) is 0 Å². The Bertz CT molecular complexity index is 1110. The molecule has 4 heteroatoms. The molecule has 0 atom stereocenters. The molecule has 0 amide bonds. The van der Waals surface area contributed by atoms with E-state index in [9.17, 15) is 0 Å². The quantitative estimate of drug-likeness (QED) is 0.513. The minimum absolute atomic E-state index is 0. The predicted octanol–water partition coefficient (Wildman–Crippen LogP) is 0.975. The summed E-state index contributed by atoms with van der Waals surface area (Å²) in [5.41, 5.74) is 11.1. The molecule has 1 aliphatic carbocycles. The van der Waals surface area contributed by atoms with E-state index in [1.165, 1.54) is 55.4 Å². The molecule has 0 spiro atoms. The smallest absolute Gasteiger partial charge is 1.00 e. The van der Waals surface area contributed by atoms with E-state index < -0.39 is 0 Å². The molecule has 0 N–H and O–H groups in total. The number of fused-ring (bicyclic) bond motifs is 1. The summed E-state index contributed by atoms with van der Waals surface area (Å²) in [6, 6.07) is 18.0. The first-order chi connectivity index (χ1) is 13.5. The molecule has 153 valence electrons. The molecular formula is C26H26Cl2NTi. The zero-order chi connectivity index (χ0) is 19.8. The third-order valence-corrected chi connectivity index (χ3v) is 6.35. The third-order valence-electron chi connectivity index (χ3n) is 5.75. The van der Waals surface area contributed by atoms with Crippen LogP contribution in [0.25, 0.3) is 16.3 Å². The van der Waals surface area contributed by atoms with Crippen LogP contribution < -0.4 is 28.2 Å². The van der Waals surface area contributed by atoms with Gasteiger partial charge in [-0.25, -0.2) is 0 Å². The Labute approximate surface area is 204 Å². The molecule has 0 bridgehead atoms. The van der Waals surface area contributed by atoms with Crippen molar-refractivity contribution in [3.8, 4) is 0 Å². The summed E-state index contributed by atoms with van der Waals surface area (Å²) in [5, 5.41) is 2.68. The average Bonchev–Trinajstić information content (AvgIpc) is 3.07. The molecule has 30 heavy (non-hydrogen) atoms. The molecule has 1 nitrogen and oxygen atoms in total. The molecule has 3 aromatic carbocycles. The van der Waals surface area contributed by atoms with Crippen LogP contribution in [-0.4, -0.2) is 0 Å². The second kappa shape index (κ2) is 10.2. The Morgan fingerprint density at radius 2 is 1.57 bits per heavy atom. The van der Waals surface area contributed by atoms with Crippen LogP contribution in [0.4, 0.5) is 5.69 Å². The molecule has 3 aromatic rings. The first-order valence-corrected chi connectivity index (χ1v) is 10.6. The number of rotatable bonds is 4. The summed E-state index contributed by atoms with van der Waals surface area (Å²) in [7, 11) is 0. The molecule has 0 aliphatic heterocycles. The Morgan fingerprint density at radius 3 is 2.20 bits per heavy atom. The summed E-state index contributed by atoms with van der Waals surface area (Å²) in [5.74, 6) is 0. The summed E-state index contributed by atoms with van der Waals surface area (Å²) in [4.78, 5) is 0. The van der Waals surface area contributed by atoms with Crippen LogP contribution in [-0.2, 0) is 27.2 Å². The minimum Gasteiger partial charge on any atom is -1.00 e. The van der Waals surface area contributed by atoms with Gasteiger partial charge in [0.05, 0.1) is 0 Å². The molecular weight excluding hydrogens is 445 g/mol. The maximum Gasteiger partial charge on any atom is -1.00 e. The van der Waals surface area contributed by atoms with E-state index >= 15 is 0 Å². The molecule has 4 rings (SSSR count). The van der Waals surface area contributed by atoms with Gasteiger partial charge in [0.2, 0.25) is 0 Å². The number of benzene rings is 3. The first kappa shape index (κ1) is 24.8. The Kier molecular flexibility index (Phi) is 8.42. The van der Waals surface area contributed by atoms with Gasteiger partial charge in [0.25, 0.3) is 0 Å². The van der Waals surface area contributed by atoms with E-state index in [4.69, 9.17) is 0 Å². The maximum absolute atomic E-state index is 2.42. The Hall–Kier alpha value is -1.51. The minimum atomic E-state index is 0. The van der Waals surface area contributed by atoms with Crippen LogP contribution >= 0.6 is 0 Å². The van der Waals surface area contributed by atoms with Gasteiger partial charge in [-0.3, -0.25) is 0 Å². The molecule has 1 aliphatic rings. The van der Waals surface area contributed by atoms with Gasteiger partial charge < -0.3 is 24.8 Å². The van der Waals surface area contributed by atoms with Crippen LogP contribution in [0.2, 0.25) is 0 Å². The second-order valence-electron chi connectivity index (χ2n) is 7.91. The third kappa shape index (κ3) is 4.71. The number of nitrogens with zero attached hydrogens (tertiary/aromatic N) is 1. The van der Waals surface area contributed by atoms with E-state index in [-0.39, 0.29) is 24.8 Å². The number of hydrogen-bond acceptors (Lipinski definition) is 1. The number of anilines is 1. The largest absolute Gasteiger partial charge is 1.00 e. The second-order valence-corrected chi connectivity index (χ2v) is 8.76. The fourth-order valence-electron chi connectivity index (χ4n) is 4.56. The number of hydrogen-bond donors (Lipinski definition) is 0. The van der Waals surface area contributed by atoms with Crippen molar-refractivity contribution in [3.63, 3.8) is 0 Å². The van der Waals surface area contributed by atoms with Crippen molar-refractivity contribution in [2.24, 2.45) is 0 Å². The fourth-order valence-corrected chi connectivity index (χ4v) is 5.36. The van der Waals surface area contributed by atoms with E-state index in [1.54, 1.807) is 0 Å². The van der Waals surface area contributed by atoms with Crippen LogP contribution in [0.3, 0.4) is 0 Å². The van der Waals surface area contributed by atoms with E-state index in [2.05, 4.69) is 112 Å². The number of allylic oxidation sites excluding steroid dienone is 4. The van der Waals surface area contributed by atoms with Crippen molar-refractivity contribution in [2.75, 3.05) is 3.38 Å². The molecule has 0 radical (unpaired) electrons. The molecule has 0 unspecified atom stereocenters. The topological polar surface area (TPSA) is 3.24 Å². The number of aryl methyl sites for hydroxylation is 3. The summed E-state index contributed by atoms with van der Waals surface area (Å²) in [6.07, 6.45) is 5.57. The van der Waals surface area contributed by atoms with Gasteiger partial charge in [0.1, 0.15) is 0 Å². The van der Waals surface area contributed by atoms with Gasteiger partial charge in [-0.15, -0.1) is 0 Å². The van der Waals surface area contributed by atoms with Crippen molar-refractivity contribution < 1.29 is 45.5 Å². The van der Waals surface area contributed by atoms with E-state index in [1.807, 2.05) is 0 Å². The summed E-state index contributed by atoms with van der Waals surface area (Å²) >= 11 is 2.23. The van der Waals surface area contributed by atoms with Crippen LogP contribution in [0.1, 0.15) is 41.2 Å². The van der Waals surface area contributed by atoms with Gasteiger partial charge >= 0.3 is 181 Å². The summed E-state index contributed by atoms with van der Waals surface area (Å²) < 4.78 is 2.42. The molecule has 0 saturated heterocycles. The van der Waals surface area contributed by atoms with E-state index in [0.29, 0.717) is 0 Å². The van der Waals surface area contributed by atoms with Crippen LogP contribution in [0, 0.1) is 20.8 Å². The molecule has 0 saturated carbocycles. The van der Waals surface area contributed by atoms with Gasteiger partial charge in [-0.2, -0.15) is 0 Å². The zero-order valence-electron chi connectivity index (χ0n) is 17.9. The summed E-state index contributed by atoms with van der Waals surface area (Å²) in [6.45, 7) is 9.76. The number of halogens is 2. The molecule has 0 aromatic heterocycles. The monoisotopic (exact) mass is 470 g/mol. The van der Waals surface area contributed by atoms with E-state index in [0.717, 1.165) is 13.0 Å². The van der Waals surface area contributed by atoms with Crippen molar-refractivity contribution >= 4 is 22.0 Å². The molecule has 0 heterocycles. The normalized spacial score (nSPS) is 12.7.